The van der Waals surface area contributed by atoms with Crippen molar-refractivity contribution < 1.29 is 20.0 Å². The van der Waals surface area contributed by atoms with E-state index in [2.05, 4.69) is 4.98 Å². The van der Waals surface area contributed by atoms with Crippen LogP contribution in [0.3, 0.4) is 0 Å². The van der Waals surface area contributed by atoms with Crippen LogP contribution in [0.25, 0.3) is 10.9 Å². The van der Waals surface area contributed by atoms with Crippen LogP contribution < -0.4 is 5.23 Å². The van der Waals surface area contributed by atoms with Crippen molar-refractivity contribution in [2.75, 3.05) is 6.54 Å². The molecule has 0 spiro atoms. The lowest BCUT2D eigenvalue weighted by Crippen LogP contribution is -2.99. The van der Waals surface area contributed by atoms with E-state index in [-0.39, 0.29) is 24.0 Å². The summed E-state index contributed by atoms with van der Waals surface area (Å²) in [6, 6.07) is 23.0. The minimum atomic E-state index is -1.01. The van der Waals surface area contributed by atoms with Gasteiger partial charge in [-0.25, -0.2) is 5.21 Å². The molecular weight excluding hydrogens is 444 g/mol. The first-order valence-electron chi connectivity index (χ1n) is 11.6. The van der Waals surface area contributed by atoms with Gasteiger partial charge in [-0.3, -0.25) is 9.59 Å². The molecule has 1 fully saturated rings. The van der Waals surface area contributed by atoms with E-state index in [0.29, 0.717) is 13.0 Å². The largest absolute Gasteiger partial charge is 0.595 e. The molecule has 35 heavy (non-hydrogen) atoms. The number of aromatic amines is 1. The number of hydrogen-bond donors (Lipinski definition) is 3. The smallest absolute Gasteiger partial charge is 0.246 e. The third kappa shape index (κ3) is 3.59. The highest BCUT2D eigenvalue weighted by molar-refractivity contribution is 5.97. The zero-order valence-electron chi connectivity index (χ0n) is 18.8. The number of amides is 2. The summed E-state index contributed by atoms with van der Waals surface area (Å²) >= 11 is 0. The molecular formula is C27H24N4O4. The third-order valence-corrected chi connectivity index (χ3v) is 7.03. The summed E-state index contributed by atoms with van der Waals surface area (Å²) in [5.74, 6) is -0.196. The van der Waals surface area contributed by atoms with E-state index in [1.807, 2.05) is 54.6 Å². The summed E-state index contributed by atoms with van der Waals surface area (Å²) in [6.07, 6.45) is 0.429. The predicted molar refractivity (Wildman–Crippen MR) is 129 cm³/mol. The summed E-state index contributed by atoms with van der Waals surface area (Å²) in [4.78, 5) is 34.1. The molecule has 1 aromatic heterocycles. The van der Waals surface area contributed by atoms with Crippen LogP contribution in [0.1, 0.15) is 28.4 Å². The molecule has 3 heterocycles. The van der Waals surface area contributed by atoms with Crippen LogP contribution in [0.4, 0.5) is 5.69 Å². The van der Waals surface area contributed by atoms with Gasteiger partial charge in [0.2, 0.25) is 11.8 Å². The van der Waals surface area contributed by atoms with Crippen molar-refractivity contribution in [2.45, 2.75) is 25.0 Å². The molecule has 0 bridgehead atoms. The van der Waals surface area contributed by atoms with E-state index >= 15 is 0 Å². The van der Waals surface area contributed by atoms with Crippen molar-refractivity contribution in [1.82, 2.24) is 14.8 Å². The van der Waals surface area contributed by atoms with Gasteiger partial charge < -0.3 is 20.0 Å². The molecule has 3 N–H and O–H groups in total. The number of fused-ring (bicyclic) bond motifs is 4. The Bertz CT molecular complexity index is 1410. The molecule has 2 amide bonds. The first kappa shape index (κ1) is 21.5. The Hall–Kier alpha value is -3.98. The molecule has 8 heteroatoms. The second-order valence-corrected chi connectivity index (χ2v) is 9.09. The molecule has 2 aliphatic heterocycles. The lowest BCUT2D eigenvalue weighted by Gasteiger charge is -2.47. The molecule has 3 unspecified atom stereocenters. The molecule has 0 saturated carbocycles. The number of H-pyrrole nitrogens is 1. The molecule has 0 radical (unpaired) electrons. The number of rotatable bonds is 4. The average molecular weight is 469 g/mol. The first-order chi connectivity index (χ1) is 17.0. The lowest BCUT2D eigenvalue weighted by molar-refractivity contribution is -0.991. The predicted octanol–water partition coefficient (Wildman–Crippen LogP) is 2.46. The Kier molecular flexibility index (Phi) is 5.14. The number of aromatic nitrogens is 1. The number of piperazine rings is 1. The van der Waals surface area contributed by atoms with Crippen molar-refractivity contribution in [2.24, 2.45) is 0 Å². The van der Waals surface area contributed by atoms with Crippen LogP contribution in [0.2, 0.25) is 0 Å². The highest BCUT2D eigenvalue weighted by atomic mass is 16.8. The number of carbonyl (C=O) groups excluding carboxylic acids is 2. The molecule has 8 nitrogen and oxygen atoms in total. The van der Waals surface area contributed by atoms with Crippen LogP contribution in [-0.4, -0.2) is 44.4 Å². The summed E-state index contributed by atoms with van der Waals surface area (Å²) < 4.78 is 0. The summed E-state index contributed by atoms with van der Waals surface area (Å²) in [5.41, 5.74) is 4.77. The van der Waals surface area contributed by atoms with Crippen LogP contribution in [0.5, 0.6) is 0 Å². The van der Waals surface area contributed by atoms with Gasteiger partial charge in [0.1, 0.15) is 12.6 Å². The number of benzene rings is 3. The fourth-order valence-corrected chi connectivity index (χ4v) is 5.42. The highest BCUT2D eigenvalue weighted by Gasteiger charge is 2.48. The number of quaternary nitrogens is 1. The maximum Gasteiger partial charge on any atom is 0.246 e. The number of hydrogen-bond acceptors (Lipinski definition) is 4. The highest BCUT2D eigenvalue weighted by Crippen LogP contribution is 2.42. The molecule has 3 atom stereocenters. The van der Waals surface area contributed by atoms with Gasteiger partial charge in [-0.15, -0.1) is 0 Å². The van der Waals surface area contributed by atoms with Gasteiger partial charge in [-0.1, -0.05) is 60.7 Å². The Morgan fingerprint density at radius 2 is 1.69 bits per heavy atom. The van der Waals surface area contributed by atoms with Crippen molar-refractivity contribution >= 4 is 28.4 Å². The van der Waals surface area contributed by atoms with Crippen molar-refractivity contribution in [3.05, 3.63) is 106 Å². The van der Waals surface area contributed by atoms with Gasteiger partial charge in [0.05, 0.1) is 6.04 Å². The summed E-state index contributed by atoms with van der Waals surface area (Å²) in [7, 11) is 0. The standard InChI is InChI=1S/C27H24N4O4/c32-24-16-29(15-17-6-2-1-3-7-17)27(33)23-14-21-20-8-4-5-9-22(20)28-25(21)26(30(23)24)18-10-12-19(13-11-18)31(34)35/h1-13,23,26,28,31,34H,14-16H2. The normalized spacial score (nSPS) is 20.6. The van der Waals surface area contributed by atoms with Gasteiger partial charge in [-0.2, -0.15) is 5.23 Å². The first-order valence-corrected chi connectivity index (χ1v) is 11.6. The Morgan fingerprint density at radius 3 is 2.43 bits per heavy atom. The van der Waals surface area contributed by atoms with Crippen molar-refractivity contribution in [3.63, 3.8) is 0 Å². The second-order valence-electron chi connectivity index (χ2n) is 9.09. The van der Waals surface area contributed by atoms with Crippen molar-refractivity contribution in [3.8, 4) is 0 Å². The number of carbonyl (C=O) groups is 2. The van der Waals surface area contributed by atoms with Crippen LogP contribution in [0.15, 0.2) is 78.9 Å². The fourth-order valence-electron chi connectivity index (χ4n) is 5.42. The number of nitrogens with zero attached hydrogens (tertiary/aromatic N) is 2. The molecule has 4 aromatic rings. The lowest BCUT2D eigenvalue weighted by atomic mass is 9.86. The maximum atomic E-state index is 13.7. The molecule has 2 aliphatic rings. The molecule has 3 aromatic carbocycles. The van der Waals surface area contributed by atoms with Crippen molar-refractivity contribution in [1.29, 1.82) is 0 Å². The van der Waals surface area contributed by atoms with Gasteiger partial charge in [0, 0.05) is 41.7 Å². The maximum absolute atomic E-state index is 13.7. The fraction of sp³-hybridized carbons (Fsp3) is 0.185. The van der Waals surface area contributed by atoms with Gasteiger partial charge in [-0.05, 0) is 22.8 Å². The Labute approximate surface area is 201 Å². The molecule has 176 valence electrons. The van der Waals surface area contributed by atoms with Gasteiger partial charge in [0.15, 0.2) is 5.69 Å². The number of para-hydroxylation sites is 1. The van der Waals surface area contributed by atoms with E-state index in [1.165, 1.54) is 0 Å². The molecule has 0 aliphatic carbocycles. The Morgan fingerprint density at radius 1 is 0.971 bits per heavy atom. The van der Waals surface area contributed by atoms with E-state index in [4.69, 9.17) is 0 Å². The van der Waals surface area contributed by atoms with E-state index < -0.39 is 17.3 Å². The SMILES string of the molecule is O=C1C2Cc3c([nH]c4ccccc34)C(c3ccc([NH+]([O-])O)cc3)N2C(=O)CN1Cc1ccccc1. The third-order valence-electron chi connectivity index (χ3n) is 7.03. The monoisotopic (exact) mass is 468 g/mol. The molecule has 1 saturated heterocycles. The van der Waals surface area contributed by atoms with Crippen LogP contribution >= 0.6 is 0 Å². The minimum absolute atomic E-state index is 0.00347. The van der Waals surface area contributed by atoms with E-state index in [0.717, 1.165) is 33.3 Å². The topological polar surface area (TPSA) is 104 Å². The van der Waals surface area contributed by atoms with E-state index in [9.17, 15) is 20.0 Å². The van der Waals surface area contributed by atoms with Gasteiger partial charge >= 0.3 is 0 Å². The van der Waals surface area contributed by atoms with E-state index in [1.54, 1.807) is 34.1 Å². The average Bonchev–Trinajstić information content (AvgIpc) is 3.25. The molecule has 6 rings (SSSR count). The Balaban J connectivity index is 1.45. The number of nitrogens with one attached hydrogen (secondary N) is 2. The zero-order valence-corrected chi connectivity index (χ0v) is 18.8. The quantitative estimate of drug-likeness (QED) is 0.400. The van der Waals surface area contributed by atoms with Gasteiger partial charge in [0.25, 0.3) is 0 Å². The zero-order chi connectivity index (χ0) is 24.1. The summed E-state index contributed by atoms with van der Waals surface area (Å²) in [5, 5.41) is 20.8. The van der Waals surface area contributed by atoms with Crippen LogP contribution in [-0.2, 0) is 22.6 Å². The van der Waals surface area contributed by atoms with Crippen LogP contribution in [0, 0.1) is 5.21 Å². The minimum Gasteiger partial charge on any atom is -0.595 e. The second kappa shape index (κ2) is 8.35. The summed E-state index contributed by atoms with van der Waals surface area (Å²) in [6.45, 7) is 0.387.